The van der Waals surface area contributed by atoms with Crippen LogP contribution in [-0.2, 0) is 9.53 Å². The van der Waals surface area contributed by atoms with Gasteiger partial charge in [-0.3, -0.25) is 14.7 Å². The molecule has 0 atom stereocenters. The van der Waals surface area contributed by atoms with Crippen molar-refractivity contribution < 1.29 is 32.2 Å². The first-order valence-electron chi connectivity index (χ1n) is 10.4. The fraction of sp³-hybridized carbons (Fsp3) is 0.409. The summed E-state index contributed by atoms with van der Waals surface area (Å²) < 4.78 is 46.1. The van der Waals surface area contributed by atoms with Gasteiger partial charge < -0.3 is 20.5 Å². The number of carbonyl (C=O) groups is 2. The van der Waals surface area contributed by atoms with Crippen molar-refractivity contribution in [3.8, 4) is 5.75 Å². The Bertz CT molecular complexity index is 964. The molecule has 0 aliphatic heterocycles. The van der Waals surface area contributed by atoms with Gasteiger partial charge in [0.2, 0.25) is 5.91 Å². The van der Waals surface area contributed by atoms with Gasteiger partial charge in [-0.25, -0.2) is 4.79 Å². The summed E-state index contributed by atoms with van der Waals surface area (Å²) in [5, 5.41) is 2.61. The molecule has 11 heteroatoms. The molecule has 3 rings (SSSR count). The molecule has 1 aromatic heterocycles. The molecule has 1 aliphatic carbocycles. The van der Waals surface area contributed by atoms with Crippen LogP contribution in [0, 0.1) is 11.8 Å². The van der Waals surface area contributed by atoms with E-state index in [9.17, 15) is 22.8 Å². The molecule has 178 valence electrons. The molecule has 2 aromatic rings. The Hall–Kier alpha value is -3.50. The summed E-state index contributed by atoms with van der Waals surface area (Å²) in [4.78, 5) is 30.5. The van der Waals surface area contributed by atoms with Gasteiger partial charge in [-0.15, -0.1) is 13.2 Å². The smallest absolute Gasteiger partial charge is 0.452 e. The van der Waals surface area contributed by atoms with E-state index in [1.807, 2.05) is 0 Å². The van der Waals surface area contributed by atoms with Gasteiger partial charge in [-0.2, -0.15) is 0 Å². The molecule has 0 bridgehead atoms. The molecule has 0 spiro atoms. The summed E-state index contributed by atoms with van der Waals surface area (Å²) in [5.41, 5.74) is 6.63. The third kappa shape index (κ3) is 6.74. The average Bonchev–Trinajstić information content (AvgIpc) is 2.79. The number of benzene rings is 1. The first kappa shape index (κ1) is 24.1. The number of hydrogen-bond acceptors (Lipinski definition) is 6. The number of amides is 2. The molecule has 0 unspecified atom stereocenters. The van der Waals surface area contributed by atoms with Crippen LogP contribution in [0.1, 0.15) is 25.7 Å². The average molecular weight is 466 g/mol. The highest BCUT2D eigenvalue weighted by atomic mass is 19.4. The highest BCUT2D eigenvalue weighted by Gasteiger charge is 2.32. The number of carbonyl (C=O) groups excluding carboxylic acids is 2. The van der Waals surface area contributed by atoms with Crippen LogP contribution in [0.25, 0.3) is 0 Å². The van der Waals surface area contributed by atoms with Gasteiger partial charge in [0.15, 0.2) is 0 Å². The van der Waals surface area contributed by atoms with Gasteiger partial charge >= 0.3 is 12.5 Å². The molecule has 1 fully saturated rings. The highest BCUT2D eigenvalue weighted by Crippen LogP contribution is 2.33. The van der Waals surface area contributed by atoms with Gasteiger partial charge in [0, 0.05) is 24.7 Å². The van der Waals surface area contributed by atoms with Gasteiger partial charge in [-0.1, -0.05) is 0 Å². The summed E-state index contributed by atoms with van der Waals surface area (Å²) in [5.74, 6) is -0.949. The Kier molecular flexibility index (Phi) is 7.62. The molecule has 1 saturated carbocycles. The number of nitrogen functional groups attached to an aromatic ring is 1. The van der Waals surface area contributed by atoms with Gasteiger partial charge in [0.05, 0.1) is 30.4 Å². The SMILES string of the molecule is COC(=O)N(CC1CCC(C(=O)Nc2cc(OC(F)(F)F)ccc2N)CC1)c1cccnc1. The third-order valence-electron chi connectivity index (χ3n) is 5.53. The molecular weight excluding hydrogens is 441 g/mol. The lowest BCUT2D eigenvalue weighted by molar-refractivity contribution is -0.274. The largest absolute Gasteiger partial charge is 0.573 e. The first-order chi connectivity index (χ1) is 15.7. The standard InChI is InChI=1S/C22H25F3N4O4/c1-32-21(31)29(16-3-2-10-27-12-16)13-14-4-6-15(7-5-14)20(30)28-19-11-17(8-9-18(19)26)33-22(23,24)25/h2-3,8-12,14-15H,4-7,13,26H2,1H3,(H,28,30). The van der Waals surface area contributed by atoms with Crippen molar-refractivity contribution in [2.75, 3.05) is 29.6 Å². The number of nitrogens with two attached hydrogens (primary N) is 1. The van der Waals surface area contributed by atoms with Crippen LogP contribution in [-0.4, -0.2) is 37.0 Å². The number of aromatic nitrogens is 1. The van der Waals surface area contributed by atoms with E-state index in [0.29, 0.717) is 37.9 Å². The zero-order valence-electron chi connectivity index (χ0n) is 18.0. The summed E-state index contributed by atoms with van der Waals surface area (Å²) in [6.07, 6.45) is 0.381. The second-order valence-electron chi connectivity index (χ2n) is 7.80. The molecule has 33 heavy (non-hydrogen) atoms. The number of pyridine rings is 1. The lowest BCUT2D eigenvalue weighted by atomic mass is 9.81. The zero-order valence-corrected chi connectivity index (χ0v) is 18.0. The van der Waals surface area contributed by atoms with Crippen molar-refractivity contribution in [2.45, 2.75) is 32.0 Å². The fourth-order valence-corrected chi connectivity index (χ4v) is 3.85. The quantitative estimate of drug-likeness (QED) is 0.604. The monoisotopic (exact) mass is 466 g/mol. The van der Waals surface area contributed by atoms with Crippen LogP contribution in [0.15, 0.2) is 42.7 Å². The van der Waals surface area contributed by atoms with E-state index in [1.165, 1.54) is 18.1 Å². The number of nitrogens with one attached hydrogen (secondary N) is 1. The minimum Gasteiger partial charge on any atom is -0.452 e. The molecule has 8 nitrogen and oxygen atoms in total. The Balaban J connectivity index is 1.58. The molecule has 2 amide bonds. The van der Waals surface area contributed by atoms with E-state index >= 15 is 0 Å². The predicted octanol–water partition coefficient (Wildman–Crippen LogP) is 4.58. The number of rotatable bonds is 6. The van der Waals surface area contributed by atoms with E-state index in [1.54, 1.807) is 24.5 Å². The van der Waals surface area contributed by atoms with Crippen molar-refractivity contribution in [2.24, 2.45) is 11.8 Å². The number of ether oxygens (including phenoxy) is 2. The van der Waals surface area contributed by atoms with Gasteiger partial charge in [-0.05, 0) is 55.9 Å². The molecule has 0 radical (unpaired) electrons. The van der Waals surface area contributed by atoms with E-state index in [2.05, 4.69) is 15.0 Å². The third-order valence-corrected chi connectivity index (χ3v) is 5.53. The van der Waals surface area contributed by atoms with E-state index in [4.69, 9.17) is 10.5 Å². The Morgan fingerprint density at radius 3 is 2.55 bits per heavy atom. The maximum atomic E-state index is 12.7. The van der Waals surface area contributed by atoms with Crippen LogP contribution in [0.4, 0.5) is 35.0 Å². The Morgan fingerprint density at radius 1 is 1.21 bits per heavy atom. The van der Waals surface area contributed by atoms with Crippen molar-refractivity contribution in [1.29, 1.82) is 0 Å². The minimum absolute atomic E-state index is 0.0670. The molecule has 1 aliphatic rings. The Morgan fingerprint density at radius 2 is 1.94 bits per heavy atom. The molecule has 0 saturated heterocycles. The number of nitrogens with zero attached hydrogens (tertiary/aromatic N) is 2. The van der Waals surface area contributed by atoms with Crippen molar-refractivity contribution in [3.05, 3.63) is 42.7 Å². The number of hydrogen-bond donors (Lipinski definition) is 2. The van der Waals surface area contributed by atoms with Crippen molar-refractivity contribution in [1.82, 2.24) is 4.98 Å². The van der Waals surface area contributed by atoms with Gasteiger partial charge in [0.1, 0.15) is 5.75 Å². The maximum absolute atomic E-state index is 12.7. The molecule has 1 heterocycles. The fourth-order valence-electron chi connectivity index (χ4n) is 3.85. The second-order valence-corrected chi connectivity index (χ2v) is 7.80. The normalized spacial score (nSPS) is 18.3. The number of halogens is 3. The van der Waals surface area contributed by atoms with Crippen LogP contribution < -0.4 is 20.7 Å². The topological polar surface area (TPSA) is 107 Å². The van der Waals surface area contributed by atoms with Gasteiger partial charge in [0.25, 0.3) is 0 Å². The molecular formula is C22H25F3N4O4. The van der Waals surface area contributed by atoms with Crippen LogP contribution in [0.2, 0.25) is 0 Å². The summed E-state index contributed by atoms with van der Waals surface area (Å²) in [7, 11) is 1.31. The number of anilines is 3. The molecule has 3 N–H and O–H groups in total. The summed E-state index contributed by atoms with van der Waals surface area (Å²) in [6.45, 7) is 0.427. The van der Waals surface area contributed by atoms with E-state index in [-0.39, 0.29) is 29.1 Å². The minimum atomic E-state index is -4.84. The maximum Gasteiger partial charge on any atom is 0.573 e. The first-order valence-corrected chi connectivity index (χ1v) is 10.4. The van der Waals surface area contributed by atoms with E-state index < -0.39 is 18.2 Å². The second kappa shape index (κ2) is 10.4. The lowest BCUT2D eigenvalue weighted by Crippen LogP contribution is -2.37. The highest BCUT2D eigenvalue weighted by molar-refractivity contribution is 5.95. The summed E-state index contributed by atoms with van der Waals surface area (Å²) in [6, 6.07) is 6.87. The summed E-state index contributed by atoms with van der Waals surface area (Å²) >= 11 is 0. The predicted molar refractivity (Wildman–Crippen MR) is 116 cm³/mol. The van der Waals surface area contributed by atoms with E-state index in [0.717, 1.165) is 12.1 Å². The Labute approximate surface area is 188 Å². The van der Waals surface area contributed by atoms with Crippen LogP contribution in [0.3, 0.4) is 0 Å². The number of methoxy groups -OCH3 is 1. The van der Waals surface area contributed by atoms with Crippen molar-refractivity contribution in [3.63, 3.8) is 0 Å². The van der Waals surface area contributed by atoms with Crippen molar-refractivity contribution >= 4 is 29.1 Å². The van der Waals surface area contributed by atoms with Crippen LogP contribution in [0.5, 0.6) is 5.75 Å². The molecule has 1 aromatic carbocycles. The number of alkyl halides is 3. The zero-order chi connectivity index (χ0) is 24.0. The lowest BCUT2D eigenvalue weighted by Gasteiger charge is -2.31. The van der Waals surface area contributed by atoms with Crippen LogP contribution >= 0.6 is 0 Å².